The number of amides is 1. The number of nitrogens with zero attached hydrogens (tertiary/aromatic N) is 1. The minimum absolute atomic E-state index is 0.0285. The molecule has 1 aliphatic rings. The van der Waals surface area contributed by atoms with Crippen LogP contribution in [0.2, 0.25) is 0 Å². The van der Waals surface area contributed by atoms with Crippen LogP contribution >= 0.6 is 0 Å². The minimum Gasteiger partial charge on any atom is -0.347 e. The lowest BCUT2D eigenvalue weighted by Gasteiger charge is -2.17. The van der Waals surface area contributed by atoms with Crippen molar-refractivity contribution >= 4 is 5.91 Å². The van der Waals surface area contributed by atoms with E-state index in [1.54, 1.807) is 0 Å². The highest BCUT2D eigenvalue weighted by Gasteiger charge is 2.29. The molecule has 0 aromatic carbocycles. The second-order valence-electron chi connectivity index (χ2n) is 5.01. The van der Waals surface area contributed by atoms with Gasteiger partial charge >= 0.3 is 6.18 Å². The first-order valence-corrected chi connectivity index (χ1v) is 6.69. The maximum absolute atomic E-state index is 12.4. The molecule has 0 spiro atoms. The summed E-state index contributed by atoms with van der Waals surface area (Å²) in [7, 11) is 0. The summed E-state index contributed by atoms with van der Waals surface area (Å²) >= 11 is 0. The molecule has 4 nitrogen and oxygen atoms in total. The number of rotatable bonds is 3. The number of hydrogen-bond donors (Lipinski definition) is 2. The molecule has 0 aliphatic carbocycles. The fourth-order valence-corrected chi connectivity index (χ4v) is 2.35. The summed E-state index contributed by atoms with van der Waals surface area (Å²) in [5.74, 6) is -0.451. The van der Waals surface area contributed by atoms with Crippen molar-refractivity contribution in [1.29, 1.82) is 0 Å². The van der Waals surface area contributed by atoms with Crippen LogP contribution in [0.15, 0.2) is 18.3 Å². The zero-order chi connectivity index (χ0) is 14.6. The van der Waals surface area contributed by atoms with Gasteiger partial charge in [-0.1, -0.05) is 6.42 Å². The second kappa shape index (κ2) is 6.30. The third-order valence-corrected chi connectivity index (χ3v) is 3.29. The highest BCUT2D eigenvalue weighted by atomic mass is 19.4. The number of carbonyl (C=O) groups excluding carboxylic acids is 1. The Morgan fingerprint density at radius 3 is 3.00 bits per heavy atom. The molecule has 0 saturated carbocycles. The molecule has 1 saturated heterocycles. The SMILES string of the molecule is O=C(NC1CCCCNC1)c1cccn1CC(F)(F)F. The van der Waals surface area contributed by atoms with E-state index in [2.05, 4.69) is 10.6 Å². The van der Waals surface area contributed by atoms with Crippen molar-refractivity contribution in [2.24, 2.45) is 0 Å². The summed E-state index contributed by atoms with van der Waals surface area (Å²) in [6.07, 6.45) is -0.164. The van der Waals surface area contributed by atoms with Gasteiger partial charge in [0.2, 0.25) is 0 Å². The first-order chi connectivity index (χ1) is 9.46. The lowest BCUT2D eigenvalue weighted by Crippen LogP contribution is -2.41. The molecule has 2 N–H and O–H groups in total. The van der Waals surface area contributed by atoms with E-state index in [4.69, 9.17) is 0 Å². The molecule has 112 valence electrons. The second-order valence-corrected chi connectivity index (χ2v) is 5.01. The Morgan fingerprint density at radius 1 is 1.45 bits per heavy atom. The van der Waals surface area contributed by atoms with Crippen molar-refractivity contribution < 1.29 is 18.0 Å². The summed E-state index contributed by atoms with van der Waals surface area (Å²) in [4.78, 5) is 12.1. The van der Waals surface area contributed by atoms with Crippen LogP contribution in [-0.4, -0.2) is 35.8 Å². The highest BCUT2D eigenvalue weighted by Crippen LogP contribution is 2.19. The maximum Gasteiger partial charge on any atom is 0.406 e. The summed E-state index contributed by atoms with van der Waals surface area (Å²) in [6, 6.07) is 2.83. The van der Waals surface area contributed by atoms with Gasteiger partial charge in [0, 0.05) is 18.8 Å². The summed E-state index contributed by atoms with van der Waals surface area (Å²) < 4.78 is 38.2. The van der Waals surface area contributed by atoms with Gasteiger partial charge in [-0.15, -0.1) is 0 Å². The summed E-state index contributed by atoms with van der Waals surface area (Å²) in [5.41, 5.74) is 0.0478. The van der Waals surface area contributed by atoms with E-state index in [-0.39, 0.29) is 11.7 Å². The molecule has 0 radical (unpaired) electrons. The van der Waals surface area contributed by atoms with Crippen molar-refractivity contribution in [3.05, 3.63) is 24.0 Å². The lowest BCUT2D eigenvalue weighted by molar-refractivity contribution is -0.140. The van der Waals surface area contributed by atoms with Crippen LogP contribution < -0.4 is 10.6 Å². The largest absolute Gasteiger partial charge is 0.406 e. The molecule has 1 unspecified atom stereocenters. The smallest absolute Gasteiger partial charge is 0.347 e. The summed E-state index contributed by atoms with van der Waals surface area (Å²) in [5, 5.41) is 6.00. The molecule has 7 heteroatoms. The Labute approximate surface area is 115 Å². The molecule has 1 aromatic heterocycles. The van der Waals surface area contributed by atoms with Gasteiger partial charge in [-0.25, -0.2) is 0 Å². The van der Waals surface area contributed by atoms with Gasteiger partial charge in [-0.2, -0.15) is 13.2 Å². The molecule has 2 rings (SSSR count). The third-order valence-electron chi connectivity index (χ3n) is 3.29. The Bertz CT molecular complexity index is 448. The van der Waals surface area contributed by atoms with Crippen molar-refractivity contribution in [3.63, 3.8) is 0 Å². The number of alkyl halides is 3. The molecule has 0 bridgehead atoms. The van der Waals surface area contributed by atoms with Gasteiger partial charge in [0.25, 0.3) is 5.91 Å². The van der Waals surface area contributed by atoms with Crippen LogP contribution in [0.25, 0.3) is 0 Å². The fourth-order valence-electron chi connectivity index (χ4n) is 2.35. The van der Waals surface area contributed by atoms with Crippen LogP contribution in [0, 0.1) is 0 Å². The maximum atomic E-state index is 12.4. The third kappa shape index (κ3) is 4.26. The monoisotopic (exact) mass is 289 g/mol. The van der Waals surface area contributed by atoms with Crippen LogP contribution in [0.1, 0.15) is 29.8 Å². The first-order valence-electron chi connectivity index (χ1n) is 6.69. The van der Waals surface area contributed by atoms with E-state index in [9.17, 15) is 18.0 Å². The molecule has 2 heterocycles. The van der Waals surface area contributed by atoms with Crippen molar-refractivity contribution in [2.75, 3.05) is 13.1 Å². The van der Waals surface area contributed by atoms with Gasteiger partial charge in [0.05, 0.1) is 0 Å². The molecule has 1 aromatic rings. The Morgan fingerprint density at radius 2 is 2.25 bits per heavy atom. The number of halogens is 3. The quantitative estimate of drug-likeness (QED) is 0.893. The van der Waals surface area contributed by atoms with Crippen molar-refractivity contribution in [3.8, 4) is 0 Å². The fraction of sp³-hybridized carbons (Fsp3) is 0.615. The highest BCUT2D eigenvalue weighted by molar-refractivity contribution is 5.92. The van der Waals surface area contributed by atoms with Crippen molar-refractivity contribution in [1.82, 2.24) is 15.2 Å². The number of nitrogens with one attached hydrogen (secondary N) is 2. The topological polar surface area (TPSA) is 46.1 Å². The molecule has 20 heavy (non-hydrogen) atoms. The standard InChI is InChI=1S/C13H18F3N3O/c14-13(15,16)9-19-7-3-5-11(19)12(20)18-10-4-1-2-6-17-8-10/h3,5,7,10,17H,1-2,4,6,8-9H2,(H,18,20). The Hall–Kier alpha value is -1.50. The van der Waals surface area contributed by atoms with Gasteiger partial charge in [0.1, 0.15) is 12.2 Å². The molecular weight excluding hydrogens is 271 g/mol. The first kappa shape index (κ1) is 14.9. The van der Waals surface area contributed by atoms with Crippen LogP contribution in [0.3, 0.4) is 0 Å². The van der Waals surface area contributed by atoms with Crippen molar-refractivity contribution in [2.45, 2.75) is 38.0 Å². The number of aromatic nitrogens is 1. The zero-order valence-corrected chi connectivity index (χ0v) is 11.0. The molecule has 1 fully saturated rings. The average molecular weight is 289 g/mol. The van der Waals surface area contributed by atoms with Crippen LogP contribution in [-0.2, 0) is 6.54 Å². The average Bonchev–Trinajstić information content (AvgIpc) is 2.63. The predicted octanol–water partition coefficient (Wildman–Crippen LogP) is 1.92. The van der Waals surface area contributed by atoms with E-state index in [0.29, 0.717) is 6.54 Å². The minimum atomic E-state index is -4.34. The molecule has 1 atom stereocenters. The normalized spacial score (nSPS) is 20.4. The Kier molecular flexibility index (Phi) is 4.69. The van der Waals surface area contributed by atoms with Gasteiger partial charge in [-0.05, 0) is 31.5 Å². The summed E-state index contributed by atoms with van der Waals surface area (Å²) in [6.45, 7) is 0.425. The van der Waals surface area contributed by atoms with Crippen LogP contribution in [0.4, 0.5) is 13.2 Å². The van der Waals surface area contributed by atoms with Gasteiger partial charge in [-0.3, -0.25) is 4.79 Å². The van der Waals surface area contributed by atoms with Crippen LogP contribution in [0.5, 0.6) is 0 Å². The number of hydrogen-bond acceptors (Lipinski definition) is 2. The molecule has 1 amide bonds. The number of carbonyl (C=O) groups is 1. The van der Waals surface area contributed by atoms with E-state index in [1.807, 2.05) is 0 Å². The molecule has 1 aliphatic heterocycles. The molecular formula is C13H18F3N3O. The van der Waals surface area contributed by atoms with E-state index >= 15 is 0 Å². The predicted molar refractivity (Wildman–Crippen MR) is 68.5 cm³/mol. The Balaban J connectivity index is 2.00. The van der Waals surface area contributed by atoms with Gasteiger partial charge in [0.15, 0.2) is 0 Å². The van der Waals surface area contributed by atoms with E-state index < -0.39 is 18.6 Å². The van der Waals surface area contributed by atoms with Gasteiger partial charge < -0.3 is 15.2 Å². The van der Waals surface area contributed by atoms with E-state index in [0.717, 1.165) is 30.4 Å². The van der Waals surface area contributed by atoms with E-state index in [1.165, 1.54) is 18.3 Å². The zero-order valence-electron chi connectivity index (χ0n) is 11.0. The lowest BCUT2D eigenvalue weighted by atomic mass is 10.1.